The molecule has 0 bridgehead atoms. The van der Waals surface area contributed by atoms with Crippen LogP contribution in [-0.4, -0.2) is 28.9 Å². The monoisotopic (exact) mass is 296 g/mol. The molecule has 1 aliphatic heterocycles. The largest absolute Gasteiger partial charge is 0.375 e. The van der Waals surface area contributed by atoms with Crippen LogP contribution in [-0.2, 0) is 6.54 Å². The number of halogens is 1. The van der Waals surface area contributed by atoms with Crippen molar-refractivity contribution in [1.82, 2.24) is 15.1 Å². The third-order valence-corrected chi connectivity index (χ3v) is 4.31. The van der Waals surface area contributed by atoms with Gasteiger partial charge in [0.1, 0.15) is 5.69 Å². The van der Waals surface area contributed by atoms with Crippen molar-refractivity contribution >= 4 is 17.3 Å². The molecule has 5 nitrogen and oxygen atoms in total. The van der Waals surface area contributed by atoms with Crippen LogP contribution in [0.25, 0.3) is 0 Å². The van der Waals surface area contributed by atoms with E-state index in [0.717, 1.165) is 19.5 Å². The molecule has 6 heteroatoms. The maximum absolute atomic E-state index is 12.4. The quantitative estimate of drug-likeness (QED) is 0.890. The van der Waals surface area contributed by atoms with Gasteiger partial charge in [-0.3, -0.25) is 4.79 Å². The molecule has 1 aromatic rings. The van der Waals surface area contributed by atoms with Crippen LogP contribution in [0.5, 0.6) is 0 Å². The highest BCUT2D eigenvalue weighted by Crippen LogP contribution is 2.30. The van der Waals surface area contributed by atoms with E-state index in [4.69, 9.17) is 11.6 Å². The van der Waals surface area contributed by atoms with Gasteiger partial charge in [-0.25, -0.2) is 4.68 Å². The second-order valence-corrected chi connectivity index (χ2v) is 6.25. The summed E-state index contributed by atoms with van der Waals surface area (Å²) in [5.41, 5.74) is 0.421. The number of nitrogens with zero attached hydrogens (tertiary/aromatic N) is 2. The SMILES string of the molecule is O=c1c(NC2CCCCNC2)c(Cl)cnn1CC1CC1. The lowest BCUT2D eigenvalue weighted by atomic mass is 10.1. The summed E-state index contributed by atoms with van der Waals surface area (Å²) in [6.45, 7) is 2.64. The van der Waals surface area contributed by atoms with Crippen LogP contribution in [0.4, 0.5) is 5.69 Å². The highest BCUT2D eigenvalue weighted by molar-refractivity contribution is 6.33. The molecule has 2 N–H and O–H groups in total. The van der Waals surface area contributed by atoms with Crippen molar-refractivity contribution in [1.29, 1.82) is 0 Å². The van der Waals surface area contributed by atoms with Crippen LogP contribution in [0.15, 0.2) is 11.0 Å². The zero-order valence-electron chi connectivity index (χ0n) is 11.6. The zero-order valence-corrected chi connectivity index (χ0v) is 12.3. The van der Waals surface area contributed by atoms with Crippen molar-refractivity contribution in [2.45, 2.75) is 44.7 Å². The first kappa shape index (κ1) is 13.9. The molecule has 110 valence electrons. The van der Waals surface area contributed by atoms with Crippen molar-refractivity contribution in [2.75, 3.05) is 18.4 Å². The first-order chi connectivity index (χ1) is 9.74. The molecule has 0 aromatic carbocycles. The highest BCUT2D eigenvalue weighted by Gasteiger charge is 2.24. The van der Waals surface area contributed by atoms with E-state index in [1.807, 2.05) is 0 Å². The predicted octanol–water partition coefficient (Wildman–Crippen LogP) is 1.86. The van der Waals surface area contributed by atoms with E-state index in [1.165, 1.54) is 25.7 Å². The lowest BCUT2D eigenvalue weighted by Gasteiger charge is -2.18. The summed E-state index contributed by atoms with van der Waals surface area (Å²) in [7, 11) is 0. The maximum atomic E-state index is 12.4. The Morgan fingerprint density at radius 1 is 1.40 bits per heavy atom. The van der Waals surface area contributed by atoms with Crippen LogP contribution >= 0.6 is 11.6 Å². The Kier molecular flexibility index (Phi) is 4.27. The van der Waals surface area contributed by atoms with E-state index in [2.05, 4.69) is 15.7 Å². The lowest BCUT2D eigenvalue weighted by Crippen LogP contribution is -2.35. The number of nitrogens with one attached hydrogen (secondary N) is 2. The van der Waals surface area contributed by atoms with E-state index in [1.54, 1.807) is 10.9 Å². The lowest BCUT2D eigenvalue weighted by molar-refractivity contribution is 0.532. The molecular weight excluding hydrogens is 276 g/mol. The Bertz CT molecular complexity index is 518. The standard InChI is InChI=1S/C14H21ClN4O/c15-12-8-17-19(9-10-4-5-10)14(20)13(12)18-11-3-1-2-6-16-7-11/h8,10-11,16,18H,1-7,9H2. The molecular formula is C14H21ClN4O. The Morgan fingerprint density at radius 3 is 3.05 bits per heavy atom. The van der Waals surface area contributed by atoms with Gasteiger partial charge >= 0.3 is 0 Å². The minimum absolute atomic E-state index is 0.0892. The molecule has 20 heavy (non-hydrogen) atoms. The fourth-order valence-electron chi connectivity index (χ4n) is 2.62. The van der Waals surface area contributed by atoms with E-state index < -0.39 is 0 Å². The Balaban J connectivity index is 1.77. The van der Waals surface area contributed by atoms with Crippen LogP contribution in [0.3, 0.4) is 0 Å². The molecule has 3 rings (SSSR count). The van der Waals surface area contributed by atoms with E-state index in [-0.39, 0.29) is 11.6 Å². The molecule has 2 heterocycles. The highest BCUT2D eigenvalue weighted by atomic mass is 35.5. The zero-order chi connectivity index (χ0) is 13.9. The molecule has 1 aromatic heterocycles. The number of anilines is 1. The van der Waals surface area contributed by atoms with Crippen molar-refractivity contribution in [3.8, 4) is 0 Å². The number of hydrogen-bond acceptors (Lipinski definition) is 4. The van der Waals surface area contributed by atoms with Gasteiger partial charge in [-0.15, -0.1) is 0 Å². The molecule has 1 aliphatic carbocycles. The molecule has 1 saturated carbocycles. The molecule has 1 unspecified atom stereocenters. The van der Waals surface area contributed by atoms with Gasteiger partial charge in [0, 0.05) is 19.1 Å². The maximum Gasteiger partial charge on any atom is 0.291 e. The third-order valence-electron chi connectivity index (χ3n) is 4.02. The van der Waals surface area contributed by atoms with Gasteiger partial charge in [0.05, 0.1) is 11.2 Å². The van der Waals surface area contributed by atoms with Gasteiger partial charge in [-0.1, -0.05) is 18.0 Å². The Labute approximate surface area is 123 Å². The summed E-state index contributed by atoms with van der Waals surface area (Å²) < 4.78 is 1.55. The molecule has 0 radical (unpaired) electrons. The van der Waals surface area contributed by atoms with Gasteiger partial charge in [0.2, 0.25) is 0 Å². The van der Waals surface area contributed by atoms with Gasteiger partial charge in [0.15, 0.2) is 0 Å². The van der Waals surface area contributed by atoms with E-state index >= 15 is 0 Å². The number of aromatic nitrogens is 2. The Morgan fingerprint density at radius 2 is 2.25 bits per heavy atom. The van der Waals surface area contributed by atoms with Crippen LogP contribution in [0.1, 0.15) is 32.1 Å². The fourth-order valence-corrected chi connectivity index (χ4v) is 2.80. The second kappa shape index (κ2) is 6.14. The van der Waals surface area contributed by atoms with Crippen LogP contribution < -0.4 is 16.2 Å². The summed E-state index contributed by atoms with van der Waals surface area (Å²) >= 11 is 6.15. The summed E-state index contributed by atoms with van der Waals surface area (Å²) in [4.78, 5) is 12.4. The number of hydrogen-bond donors (Lipinski definition) is 2. The number of rotatable bonds is 4. The van der Waals surface area contributed by atoms with Gasteiger partial charge < -0.3 is 10.6 Å². The predicted molar refractivity (Wildman–Crippen MR) is 80.4 cm³/mol. The summed E-state index contributed by atoms with van der Waals surface area (Å²) in [6.07, 6.45) is 7.40. The molecule has 2 aliphatic rings. The van der Waals surface area contributed by atoms with Crippen LogP contribution in [0, 0.1) is 5.92 Å². The molecule has 1 atom stereocenters. The first-order valence-corrected chi connectivity index (χ1v) is 7.84. The van der Waals surface area contributed by atoms with Gasteiger partial charge in [-0.05, 0) is 38.1 Å². The molecule has 1 saturated heterocycles. The molecule has 2 fully saturated rings. The smallest absolute Gasteiger partial charge is 0.291 e. The minimum atomic E-state index is -0.0892. The minimum Gasteiger partial charge on any atom is -0.375 e. The molecule has 0 amide bonds. The van der Waals surface area contributed by atoms with Crippen molar-refractivity contribution in [2.24, 2.45) is 5.92 Å². The van der Waals surface area contributed by atoms with Crippen LogP contribution in [0.2, 0.25) is 5.02 Å². The normalized spacial score (nSPS) is 23.4. The topological polar surface area (TPSA) is 59.0 Å². The fraction of sp³-hybridized carbons (Fsp3) is 0.714. The van der Waals surface area contributed by atoms with Gasteiger partial charge in [-0.2, -0.15) is 5.10 Å². The Hall–Kier alpha value is -1.07. The summed E-state index contributed by atoms with van der Waals surface area (Å²) in [5.74, 6) is 0.619. The van der Waals surface area contributed by atoms with E-state index in [9.17, 15) is 4.79 Å². The van der Waals surface area contributed by atoms with Gasteiger partial charge in [0.25, 0.3) is 5.56 Å². The summed E-state index contributed by atoms with van der Waals surface area (Å²) in [6, 6.07) is 0.263. The van der Waals surface area contributed by atoms with E-state index in [0.29, 0.717) is 23.2 Å². The third kappa shape index (κ3) is 3.33. The molecule has 0 spiro atoms. The summed E-state index contributed by atoms with van der Waals surface area (Å²) in [5, 5.41) is 11.3. The van der Waals surface area contributed by atoms with Crippen molar-refractivity contribution in [3.05, 3.63) is 21.6 Å². The van der Waals surface area contributed by atoms with Crippen molar-refractivity contribution < 1.29 is 0 Å². The average molecular weight is 297 g/mol. The first-order valence-electron chi connectivity index (χ1n) is 7.47. The van der Waals surface area contributed by atoms with Crippen molar-refractivity contribution in [3.63, 3.8) is 0 Å². The average Bonchev–Trinajstić information content (AvgIpc) is 3.25. The second-order valence-electron chi connectivity index (χ2n) is 5.84.